The van der Waals surface area contributed by atoms with Gasteiger partial charge in [0.05, 0.1) is 0 Å². The van der Waals surface area contributed by atoms with Crippen molar-refractivity contribution in [1.29, 1.82) is 0 Å². The zero-order chi connectivity index (χ0) is 13.3. The van der Waals surface area contributed by atoms with E-state index < -0.39 is 11.6 Å². The minimum atomic E-state index is -0.534. The van der Waals surface area contributed by atoms with Crippen molar-refractivity contribution in [2.24, 2.45) is 0 Å². The molecule has 0 aliphatic carbocycles. The Morgan fingerprint density at radius 2 is 1.72 bits per heavy atom. The average molecular weight is 246 g/mol. The van der Waals surface area contributed by atoms with E-state index in [-0.39, 0.29) is 0 Å². The summed E-state index contributed by atoms with van der Waals surface area (Å²) in [5.41, 5.74) is 3.05. The lowest BCUT2D eigenvalue weighted by Crippen LogP contribution is -1.93. The van der Waals surface area contributed by atoms with Crippen molar-refractivity contribution in [1.82, 2.24) is 0 Å². The van der Waals surface area contributed by atoms with Gasteiger partial charge >= 0.3 is 0 Å². The van der Waals surface area contributed by atoms with Gasteiger partial charge in [-0.2, -0.15) is 0 Å². The van der Waals surface area contributed by atoms with E-state index in [0.717, 1.165) is 17.2 Å². The minimum absolute atomic E-state index is 0.383. The Balaban J connectivity index is 2.59. The van der Waals surface area contributed by atoms with E-state index >= 15 is 0 Å². The molecule has 0 radical (unpaired) electrons. The van der Waals surface area contributed by atoms with Crippen molar-refractivity contribution in [2.45, 2.75) is 26.7 Å². The molecule has 0 atom stereocenters. The van der Waals surface area contributed by atoms with Crippen molar-refractivity contribution in [3.63, 3.8) is 0 Å². The second-order valence-electron chi connectivity index (χ2n) is 4.86. The van der Waals surface area contributed by atoms with Gasteiger partial charge < -0.3 is 0 Å². The topological polar surface area (TPSA) is 0 Å². The molecule has 2 heteroatoms. The average Bonchev–Trinajstić information content (AvgIpc) is 2.28. The molecule has 0 amide bonds. The maximum absolute atomic E-state index is 13.9. The summed E-state index contributed by atoms with van der Waals surface area (Å²) in [6, 6.07) is 10.0. The Kier molecular flexibility index (Phi) is 3.46. The molecule has 0 spiro atoms. The summed E-state index contributed by atoms with van der Waals surface area (Å²) >= 11 is 0. The van der Waals surface area contributed by atoms with Crippen LogP contribution < -0.4 is 0 Å². The summed E-state index contributed by atoms with van der Waals surface area (Å²) in [6.45, 7) is 5.91. The van der Waals surface area contributed by atoms with Crippen LogP contribution in [0.5, 0.6) is 0 Å². The third-order valence-electron chi connectivity index (χ3n) is 3.09. The van der Waals surface area contributed by atoms with Gasteiger partial charge in [0.1, 0.15) is 11.6 Å². The first kappa shape index (κ1) is 12.7. The van der Waals surface area contributed by atoms with Crippen molar-refractivity contribution >= 4 is 0 Å². The number of halogens is 2. The summed E-state index contributed by atoms with van der Waals surface area (Å²) in [6.07, 6.45) is 0. The molecule has 18 heavy (non-hydrogen) atoms. The Bertz CT molecular complexity index is 548. The summed E-state index contributed by atoms with van der Waals surface area (Å²) < 4.78 is 27.0. The Hall–Kier alpha value is -1.70. The van der Waals surface area contributed by atoms with Gasteiger partial charge in [0, 0.05) is 11.6 Å². The molecule has 0 N–H and O–H groups in total. The molecular weight excluding hydrogens is 230 g/mol. The fraction of sp³-hybridized carbons (Fsp3) is 0.250. The first-order valence-electron chi connectivity index (χ1n) is 6.05. The van der Waals surface area contributed by atoms with Gasteiger partial charge in [-0.15, -0.1) is 0 Å². The van der Waals surface area contributed by atoms with E-state index in [9.17, 15) is 8.78 Å². The number of rotatable bonds is 2. The van der Waals surface area contributed by atoms with Crippen molar-refractivity contribution < 1.29 is 8.78 Å². The van der Waals surface area contributed by atoms with Crippen molar-refractivity contribution in [3.05, 3.63) is 59.2 Å². The highest BCUT2D eigenvalue weighted by Crippen LogP contribution is 2.29. The fourth-order valence-corrected chi connectivity index (χ4v) is 2.12. The van der Waals surface area contributed by atoms with Gasteiger partial charge in [-0.25, -0.2) is 8.78 Å². The maximum atomic E-state index is 13.9. The molecule has 0 unspecified atom stereocenters. The smallest absolute Gasteiger partial charge is 0.134 e. The highest BCUT2D eigenvalue weighted by Gasteiger charge is 2.11. The highest BCUT2D eigenvalue weighted by atomic mass is 19.1. The van der Waals surface area contributed by atoms with E-state index in [4.69, 9.17) is 0 Å². The molecule has 0 saturated carbocycles. The first-order valence-corrected chi connectivity index (χ1v) is 6.05. The molecule has 0 aromatic heterocycles. The van der Waals surface area contributed by atoms with E-state index in [1.54, 1.807) is 6.92 Å². The second kappa shape index (κ2) is 4.89. The van der Waals surface area contributed by atoms with Crippen LogP contribution in [-0.4, -0.2) is 0 Å². The van der Waals surface area contributed by atoms with Crippen LogP contribution in [0.15, 0.2) is 36.4 Å². The lowest BCUT2D eigenvalue weighted by Gasteiger charge is -2.11. The zero-order valence-electron chi connectivity index (χ0n) is 10.8. The molecule has 2 aromatic rings. The second-order valence-corrected chi connectivity index (χ2v) is 4.86. The van der Waals surface area contributed by atoms with E-state index in [2.05, 4.69) is 13.8 Å². The third-order valence-corrected chi connectivity index (χ3v) is 3.09. The molecule has 0 heterocycles. The van der Waals surface area contributed by atoms with Gasteiger partial charge in [-0.1, -0.05) is 38.1 Å². The Morgan fingerprint density at radius 3 is 2.33 bits per heavy atom. The molecule has 0 fully saturated rings. The maximum Gasteiger partial charge on any atom is 0.134 e. The molecule has 0 aliphatic rings. The summed E-state index contributed by atoms with van der Waals surface area (Å²) in [5, 5.41) is 0. The quantitative estimate of drug-likeness (QED) is 0.694. The first-order chi connectivity index (χ1) is 8.49. The minimum Gasteiger partial charge on any atom is -0.207 e. The van der Waals surface area contributed by atoms with Gasteiger partial charge in [-0.05, 0) is 35.6 Å². The third kappa shape index (κ3) is 2.42. The van der Waals surface area contributed by atoms with Crippen molar-refractivity contribution in [2.75, 3.05) is 0 Å². The van der Waals surface area contributed by atoms with E-state index in [1.165, 1.54) is 6.07 Å². The summed E-state index contributed by atoms with van der Waals surface area (Å²) in [4.78, 5) is 0. The van der Waals surface area contributed by atoms with Gasteiger partial charge in [0.2, 0.25) is 0 Å². The van der Waals surface area contributed by atoms with E-state index in [1.807, 2.05) is 24.3 Å². The predicted octanol–water partition coefficient (Wildman–Crippen LogP) is 5.06. The van der Waals surface area contributed by atoms with Crippen LogP contribution in [0.1, 0.15) is 30.9 Å². The number of hydrogen-bond acceptors (Lipinski definition) is 0. The van der Waals surface area contributed by atoms with Gasteiger partial charge in [0.15, 0.2) is 0 Å². The van der Waals surface area contributed by atoms with Crippen LogP contribution in [0.2, 0.25) is 0 Å². The Labute approximate surface area is 106 Å². The number of aryl methyl sites for hydroxylation is 1. The van der Waals surface area contributed by atoms with Crippen LogP contribution in [0, 0.1) is 18.6 Å². The molecule has 0 aliphatic heterocycles. The molecule has 2 rings (SSSR count). The van der Waals surface area contributed by atoms with Gasteiger partial charge in [-0.3, -0.25) is 0 Å². The lowest BCUT2D eigenvalue weighted by molar-refractivity contribution is 0.584. The van der Waals surface area contributed by atoms with Crippen LogP contribution in [-0.2, 0) is 0 Å². The normalized spacial score (nSPS) is 11.0. The summed E-state index contributed by atoms with van der Waals surface area (Å²) in [5.74, 6) is -0.657. The fourth-order valence-electron chi connectivity index (χ4n) is 2.12. The highest BCUT2D eigenvalue weighted by molar-refractivity contribution is 5.68. The molecule has 0 saturated heterocycles. The van der Waals surface area contributed by atoms with Gasteiger partial charge in [0.25, 0.3) is 0 Å². The zero-order valence-corrected chi connectivity index (χ0v) is 10.8. The van der Waals surface area contributed by atoms with Crippen LogP contribution in [0.25, 0.3) is 11.1 Å². The number of hydrogen-bond donors (Lipinski definition) is 0. The predicted molar refractivity (Wildman–Crippen MR) is 70.6 cm³/mol. The molecule has 0 bridgehead atoms. The van der Waals surface area contributed by atoms with Crippen molar-refractivity contribution in [3.8, 4) is 11.1 Å². The standard InChI is InChI=1S/C16H16F2/c1-10(2)12-5-4-6-13(8-12)16-11(3)7-14(17)9-15(16)18/h4-10H,1-3H3. The molecule has 0 nitrogen and oxygen atoms in total. The van der Waals surface area contributed by atoms with Crippen LogP contribution in [0.3, 0.4) is 0 Å². The molecular formula is C16H16F2. The van der Waals surface area contributed by atoms with E-state index in [0.29, 0.717) is 17.0 Å². The largest absolute Gasteiger partial charge is 0.207 e. The Morgan fingerprint density at radius 1 is 1.00 bits per heavy atom. The summed E-state index contributed by atoms with van der Waals surface area (Å²) in [7, 11) is 0. The molecule has 2 aromatic carbocycles. The van der Waals surface area contributed by atoms with Crippen LogP contribution >= 0.6 is 0 Å². The molecule has 94 valence electrons. The monoisotopic (exact) mass is 246 g/mol. The van der Waals surface area contributed by atoms with Crippen LogP contribution in [0.4, 0.5) is 8.78 Å². The lowest BCUT2D eigenvalue weighted by atomic mass is 9.95. The number of benzene rings is 2. The SMILES string of the molecule is Cc1cc(F)cc(F)c1-c1cccc(C(C)C)c1.